The van der Waals surface area contributed by atoms with E-state index in [0.717, 1.165) is 31.8 Å². The molecule has 4 nitrogen and oxygen atoms in total. The number of carbonyl (C=O) groups is 1. The van der Waals surface area contributed by atoms with Crippen LogP contribution in [-0.4, -0.2) is 35.5 Å². The first-order chi connectivity index (χ1) is 10.7. The third kappa shape index (κ3) is 4.35. The van der Waals surface area contributed by atoms with Gasteiger partial charge in [0, 0.05) is 19.2 Å². The molecule has 5 heteroatoms. The number of nitrogens with zero attached hydrogens (tertiary/aromatic N) is 2. The van der Waals surface area contributed by atoms with Crippen LogP contribution in [0.25, 0.3) is 0 Å². The number of carbonyl (C=O) groups excluding carboxylic acids is 1. The van der Waals surface area contributed by atoms with Gasteiger partial charge in [0.2, 0.25) is 5.88 Å². The summed E-state index contributed by atoms with van der Waals surface area (Å²) < 4.78 is 5.37. The van der Waals surface area contributed by atoms with Gasteiger partial charge in [-0.25, -0.2) is 4.98 Å². The summed E-state index contributed by atoms with van der Waals surface area (Å²) in [5.74, 6) is 1.11. The molecule has 1 aliphatic heterocycles. The molecule has 22 heavy (non-hydrogen) atoms. The van der Waals surface area contributed by atoms with Gasteiger partial charge in [0.05, 0.1) is 11.6 Å². The molecular formula is C17H25ClN2O2. The summed E-state index contributed by atoms with van der Waals surface area (Å²) in [6.45, 7) is 6.21. The molecule has 0 N–H and O–H groups in total. The van der Waals surface area contributed by atoms with Crippen molar-refractivity contribution < 1.29 is 9.53 Å². The van der Waals surface area contributed by atoms with Crippen LogP contribution in [0.1, 0.15) is 56.4 Å². The van der Waals surface area contributed by atoms with Crippen LogP contribution in [0.15, 0.2) is 12.1 Å². The molecule has 1 aromatic heterocycles. The van der Waals surface area contributed by atoms with Crippen LogP contribution in [0.3, 0.4) is 0 Å². The first kappa shape index (κ1) is 17.1. The Morgan fingerprint density at radius 3 is 2.91 bits per heavy atom. The molecule has 122 valence electrons. The highest BCUT2D eigenvalue weighted by Gasteiger charge is 2.24. The van der Waals surface area contributed by atoms with Gasteiger partial charge in [-0.3, -0.25) is 4.79 Å². The summed E-state index contributed by atoms with van der Waals surface area (Å²) in [5, 5.41) is 0.391. The molecule has 0 radical (unpaired) electrons. The Hall–Kier alpha value is -1.29. The van der Waals surface area contributed by atoms with Gasteiger partial charge in [0.1, 0.15) is 0 Å². The lowest BCUT2D eigenvalue weighted by Crippen LogP contribution is -2.33. The summed E-state index contributed by atoms with van der Waals surface area (Å²) in [7, 11) is 0. The Balaban J connectivity index is 2.09. The minimum absolute atomic E-state index is 0.0799. The minimum Gasteiger partial charge on any atom is -0.478 e. The Morgan fingerprint density at radius 1 is 1.36 bits per heavy atom. The van der Waals surface area contributed by atoms with E-state index < -0.39 is 0 Å². The normalized spacial score (nSPS) is 18.9. The van der Waals surface area contributed by atoms with Crippen molar-refractivity contribution in [2.24, 2.45) is 5.92 Å². The number of pyridine rings is 1. The first-order valence-corrected chi connectivity index (χ1v) is 8.62. The van der Waals surface area contributed by atoms with E-state index in [0.29, 0.717) is 23.2 Å². The number of halogens is 1. The van der Waals surface area contributed by atoms with Crippen molar-refractivity contribution in [1.29, 1.82) is 0 Å². The van der Waals surface area contributed by atoms with Crippen molar-refractivity contribution in [3.8, 4) is 5.88 Å². The predicted octanol–water partition coefficient (Wildman–Crippen LogP) is 4.18. The molecule has 0 spiro atoms. The molecule has 1 aliphatic rings. The Morgan fingerprint density at radius 2 is 2.18 bits per heavy atom. The van der Waals surface area contributed by atoms with E-state index in [-0.39, 0.29) is 5.91 Å². The largest absolute Gasteiger partial charge is 0.478 e. The van der Waals surface area contributed by atoms with Crippen molar-refractivity contribution in [2.75, 3.05) is 19.7 Å². The summed E-state index contributed by atoms with van der Waals surface area (Å²) in [6, 6.07) is 3.38. The molecule has 0 unspecified atom stereocenters. The number of likely N-dealkylation sites (tertiary alicyclic amines) is 1. The number of ether oxygens (including phenoxy) is 1. The van der Waals surface area contributed by atoms with Crippen LogP contribution in [0.2, 0.25) is 5.02 Å². The summed E-state index contributed by atoms with van der Waals surface area (Å²) in [4.78, 5) is 18.9. The second-order valence-electron chi connectivity index (χ2n) is 5.79. The first-order valence-electron chi connectivity index (χ1n) is 8.24. The van der Waals surface area contributed by atoms with Crippen LogP contribution in [0.4, 0.5) is 0 Å². The molecule has 1 amide bonds. The molecule has 2 heterocycles. The fourth-order valence-electron chi connectivity index (χ4n) is 3.02. The van der Waals surface area contributed by atoms with E-state index in [1.54, 1.807) is 12.1 Å². The number of hydrogen-bond acceptors (Lipinski definition) is 3. The van der Waals surface area contributed by atoms with E-state index >= 15 is 0 Å². The Labute approximate surface area is 137 Å². The smallest absolute Gasteiger partial charge is 0.274 e. The van der Waals surface area contributed by atoms with Crippen LogP contribution < -0.4 is 4.74 Å². The van der Waals surface area contributed by atoms with Crippen molar-refractivity contribution in [3.63, 3.8) is 0 Å². The maximum absolute atomic E-state index is 12.7. The van der Waals surface area contributed by atoms with Gasteiger partial charge < -0.3 is 9.64 Å². The number of rotatable bonds is 5. The average Bonchev–Trinajstić information content (AvgIpc) is 2.75. The van der Waals surface area contributed by atoms with Crippen molar-refractivity contribution >= 4 is 17.5 Å². The molecule has 0 aliphatic carbocycles. The summed E-state index contributed by atoms with van der Waals surface area (Å²) in [5.41, 5.74) is 0.307. The van der Waals surface area contributed by atoms with Gasteiger partial charge in [-0.1, -0.05) is 31.4 Å². The van der Waals surface area contributed by atoms with Gasteiger partial charge in [-0.15, -0.1) is 0 Å². The van der Waals surface area contributed by atoms with Crippen molar-refractivity contribution in [1.82, 2.24) is 9.88 Å². The fourth-order valence-corrected chi connectivity index (χ4v) is 3.20. The monoisotopic (exact) mass is 324 g/mol. The van der Waals surface area contributed by atoms with Gasteiger partial charge in [0.15, 0.2) is 5.69 Å². The number of aromatic nitrogens is 1. The lowest BCUT2D eigenvalue weighted by atomic mass is 9.96. The summed E-state index contributed by atoms with van der Waals surface area (Å²) in [6.07, 6.45) is 5.79. The van der Waals surface area contributed by atoms with Crippen molar-refractivity contribution in [3.05, 3.63) is 22.8 Å². The predicted molar refractivity (Wildman–Crippen MR) is 88.6 cm³/mol. The quantitative estimate of drug-likeness (QED) is 0.816. The van der Waals surface area contributed by atoms with Crippen molar-refractivity contribution in [2.45, 2.75) is 46.0 Å². The van der Waals surface area contributed by atoms with E-state index in [9.17, 15) is 4.79 Å². The minimum atomic E-state index is -0.0799. The molecule has 0 bridgehead atoms. The topological polar surface area (TPSA) is 42.4 Å². The molecule has 1 fully saturated rings. The number of amides is 1. The highest BCUT2D eigenvalue weighted by Crippen LogP contribution is 2.25. The lowest BCUT2D eigenvalue weighted by molar-refractivity contribution is 0.0753. The van der Waals surface area contributed by atoms with Crippen LogP contribution in [0, 0.1) is 5.92 Å². The fraction of sp³-hybridized carbons (Fsp3) is 0.647. The average molecular weight is 325 g/mol. The number of hydrogen-bond donors (Lipinski definition) is 0. The zero-order chi connectivity index (χ0) is 15.9. The van der Waals surface area contributed by atoms with Crippen LogP contribution >= 0.6 is 11.6 Å². The van der Waals surface area contributed by atoms with Gasteiger partial charge in [-0.2, -0.15) is 0 Å². The maximum Gasteiger partial charge on any atom is 0.274 e. The van der Waals surface area contributed by atoms with Gasteiger partial charge in [-0.05, 0) is 38.2 Å². The Kier molecular flexibility index (Phi) is 6.49. The highest BCUT2D eigenvalue weighted by molar-refractivity contribution is 6.33. The van der Waals surface area contributed by atoms with Gasteiger partial charge in [0.25, 0.3) is 5.91 Å². The third-order valence-electron chi connectivity index (χ3n) is 4.15. The zero-order valence-corrected chi connectivity index (χ0v) is 14.2. The Bertz CT molecular complexity index is 507. The molecule has 1 saturated heterocycles. The molecular weight excluding hydrogens is 300 g/mol. The molecule has 0 aromatic carbocycles. The van der Waals surface area contributed by atoms with E-state index in [2.05, 4.69) is 11.9 Å². The van der Waals surface area contributed by atoms with Crippen LogP contribution in [0.5, 0.6) is 5.88 Å². The second-order valence-corrected chi connectivity index (χ2v) is 6.20. The zero-order valence-electron chi connectivity index (χ0n) is 13.5. The second kappa shape index (κ2) is 8.37. The molecule has 1 aromatic rings. The van der Waals surface area contributed by atoms with Gasteiger partial charge >= 0.3 is 0 Å². The standard InChI is InChI=1S/C17H25ClN2O2/c1-3-6-13-7-5-11-20(12-10-13)17(21)16-14(18)8-9-15(19-16)22-4-2/h8-9,13H,3-7,10-12H2,1-2H3/t13-/m1/s1. The molecule has 1 atom stereocenters. The third-order valence-corrected chi connectivity index (χ3v) is 4.45. The lowest BCUT2D eigenvalue weighted by Gasteiger charge is -2.21. The highest BCUT2D eigenvalue weighted by atomic mass is 35.5. The summed E-state index contributed by atoms with van der Waals surface area (Å²) >= 11 is 6.16. The van der Waals surface area contributed by atoms with E-state index in [1.807, 2.05) is 11.8 Å². The molecule has 0 saturated carbocycles. The SMILES string of the molecule is CCC[C@@H]1CCCN(C(=O)c2nc(OCC)ccc2Cl)CC1. The maximum atomic E-state index is 12.7. The van der Waals surface area contributed by atoms with E-state index in [4.69, 9.17) is 16.3 Å². The van der Waals surface area contributed by atoms with Crippen LogP contribution in [-0.2, 0) is 0 Å². The van der Waals surface area contributed by atoms with E-state index in [1.165, 1.54) is 19.3 Å². The molecule has 2 rings (SSSR count).